The first-order valence-corrected chi connectivity index (χ1v) is 6.87. The molecule has 0 bridgehead atoms. The number of benzene rings is 1. The number of hydrogen-bond acceptors (Lipinski definition) is 3. The lowest BCUT2D eigenvalue weighted by molar-refractivity contribution is -0.284. The Morgan fingerprint density at radius 1 is 1.23 bits per heavy atom. The van der Waals surface area contributed by atoms with Crippen molar-refractivity contribution in [3.05, 3.63) is 21.3 Å². The highest BCUT2D eigenvalue weighted by Crippen LogP contribution is 2.39. The third-order valence-corrected chi connectivity index (χ3v) is 3.36. The van der Waals surface area contributed by atoms with Crippen LogP contribution in [0.2, 0.25) is 0 Å². The summed E-state index contributed by atoms with van der Waals surface area (Å²) in [5.41, 5.74) is -0.410. The van der Waals surface area contributed by atoms with Gasteiger partial charge in [0.05, 0.1) is 10.2 Å². The molecule has 0 saturated heterocycles. The number of carbonyl (C=O) groups is 1. The summed E-state index contributed by atoms with van der Waals surface area (Å²) in [6, 6.07) is 2.07. The van der Waals surface area contributed by atoms with Gasteiger partial charge in [-0.05, 0) is 41.1 Å². The number of ether oxygens (including phenoxy) is 1. The van der Waals surface area contributed by atoms with Gasteiger partial charge in [-0.25, -0.2) is 4.79 Å². The van der Waals surface area contributed by atoms with Gasteiger partial charge in [0.2, 0.25) is 0 Å². The fraction of sp³-hybridized carbons (Fsp3) is 0.417. The van der Waals surface area contributed by atoms with Gasteiger partial charge in [0, 0.05) is 6.42 Å². The standard InChI is InChI=1S/C12H10F5IO4/c13-11(14,12(15,16)17)2-1-3-22-9-7(10(20)21)4-6(19)5-8(9)18/h4-5,19H,1-3H2,(H,20,21). The lowest BCUT2D eigenvalue weighted by Crippen LogP contribution is -2.36. The molecule has 0 aliphatic rings. The minimum atomic E-state index is -5.63. The van der Waals surface area contributed by atoms with E-state index in [9.17, 15) is 31.9 Å². The van der Waals surface area contributed by atoms with Gasteiger partial charge < -0.3 is 14.9 Å². The molecule has 1 aromatic rings. The van der Waals surface area contributed by atoms with Crippen LogP contribution in [0.15, 0.2) is 12.1 Å². The number of phenolic OH excluding ortho intramolecular Hbond substituents is 1. The molecule has 2 N–H and O–H groups in total. The van der Waals surface area contributed by atoms with Crippen molar-refractivity contribution >= 4 is 28.6 Å². The molecule has 0 atom stereocenters. The zero-order valence-electron chi connectivity index (χ0n) is 10.8. The lowest BCUT2D eigenvalue weighted by Gasteiger charge is -2.19. The van der Waals surface area contributed by atoms with Crippen LogP contribution in [-0.4, -0.2) is 34.9 Å². The quantitative estimate of drug-likeness (QED) is 0.398. The van der Waals surface area contributed by atoms with Gasteiger partial charge in [0.25, 0.3) is 0 Å². The molecule has 0 aromatic heterocycles. The van der Waals surface area contributed by atoms with Gasteiger partial charge >= 0.3 is 18.1 Å². The van der Waals surface area contributed by atoms with E-state index in [2.05, 4.69) is 0 Å². The Balaban J connectivity index is 2.72. The highest BCUT2D eigenvalue weighted by atomic mass is 127. The van der Waals surface area contributed by atoms with Crippen LogP contribution in [0.4, 0.5) is 22.0 Å². The van der Waals surface area contributed by atoms with E-state index >= 15 is 0 Å². The second kappa shape index (κ2) is 6.84. The van der Waals surface area contributed by atoms with Crippen LogP contribution < -0.4 is 4.74 Å². The fourth-order valence-electron chi connectivity index (χ4n) is 1.49. The van der Waals surface area contributed by atoms with Crippen LogP contribution in [0.3, 0.4) is 0 Å². The van der Waals surface area contributed by atoms with Crippen molar-refractivity contribution < 1.29 is 41.7 Å². The number of aromatic hydroxyl groups is 1. The van der Waals surface area contributed by atoms with Gasteiger partial charge in [-0.15, -0.1) is 0 Å². The third-order valence-electron chi connectivity index (χ3n) is 2.56. The van der Waals surface area contributed by atoms with Crippen molar-refractivity contribution in [3.8, 4) is 11.5 Å². The number of phenols is 1. The first kappa shape index (κ1) is 18.7. The molecule has 0 aliphatic carbocycles. The number of carboxylic acids is 1. The molecule has 0 heterocycles. The van der Waals surface area contributed by atoms with Crippen molar-refractivity contribution in [1.82, 2.24) is 0 Å². The first-order valence-electron chi connectivity index (χ1n) is 5.79. The lowest BCUT2D eigenvalue weighted by atomic mass is 10.1. The van der Waals surface area contributed by atoms with Crippen LogP contribution in [0, 0.1) is 3.57 Å². The van der Waals surface area contributed by atoms with Crippen LogP contribution in [0.25, 0.3) is 0 Å². The van der Waals surface area contributed by atoms with Gasteiger partial charge in [-0.1, -0.05) is 0 Å². The molecular weight excluding hydrogens is 430 g/mol. The predicted octanol–water partition coefficient (Wildman–Crippen LogP) is 4.05. The Kier molecular flexibility index (Phi) is 5.82. The molecule has 124 valence electrons. The Bertz CT molecular complexity index is 559. The molecule has 1 aromatic carbocycles. The minimum absolute atomic E-state index is 0.192. The monoisotopic (exact) mass is 440 g/mol. The maximum atomic E-state index is 12.7. The first-order chi connectivity index (χ1) is 9.95. The second-order valence-electron chi connectivity index (χ2n) is 4.26. The molecule has 4 nitrogen and oxygen atoms in total. The van der Waals surface area contributed by atoms with E-state index in [0.717, 1.165) is 6.07 Å². The van der Waals surface area contributed by atoms with Crippen molar-refractivity contribution in [1.29, 1.82) is 0 Å². The van der Waals surface area contributed by atoms with E-state index in [1.807, 2.05) is 0 Å². The van der Waals surface area contributed by atoms with E-state index in [-0.39, 0.29) is 15.1 Å². The summed E-state index contributed by atoms with van der Waals surface area (Å²) < 4.78 is 66.5. The number of halogens is 6. The maximum Gasteiger partial charge on any atom is 0.453 e. The second-order valence-corrected chi connectivity index (χ2v) is 5.43. The molecule has 0 spiro atoms. The average molecular weight is 440 g/mol. The molecule has 0 unspecified atom stereocenters. The Morgan fingerprint density at radius 2 is 1.82 bits per heavy atom. The third kappa shape index (κ3) is 4.58. The van der Waals surface area contributed by atoms with Gasteiger partial charge in [0.1, 0.15) is 17.1 Å². The van der Waals surface area contributed by atoms with Crippen molar-refractivity contribution in [2.75, 3.05) is 6.61 Å². The summed E-state index contributed by atoms with van der Waals surface area (Å²) in [5, 5.41) is 18.2. The number of alkyl halides is 5. The van der Waals surface area contributed by atoms with Gasteiger partial charge in [-0.2, -0.15) is 22.0 Å². The number of carboxylic acid groups (broad SMARTS) is 1. The number of rotatable bonds is 6. The smallest absolute Gasteiger partial charge is 0.453 e. The SMILES string of the molecule is O=C(O)c1cc(O)cc(I)c1OCCCC(F)(F)C(F)(F)F. The van der Waals surface area contributed by atoms with Crippen molar-refractivity contribution in [3.63, 3.8) is 0 Å². The number of aromatic carboxylic acids is 1. The average Bonchev–Trinajstić information content (AvgIpc) is 2.34. The highest BCUT2D eigenvalue weighted by Gasteiger charge is 2.56. The molecule has 0 radical (unpaired) electrons. The molecule has 0 amide bonds. The number of hydrogen-bond donors (Lipinski definition) is 2. The van der Waals surface area contributed by atoms with Gasteiger partial charge in [0.15, 0.2) is 0 Å². The normalized spacial score (nSPS) is 12.3. The summed E-state index contributed by atoms with van der Waals surface area (Å²) in [4.78, 5) is 11.0. The van der Waals surface area contributed by atoms with Crippen LogP contribution in [-0.2, 0) is 0 Å². The molecule has 0 aliphatic heterocycles. The molecule has 10 heteroatoms. The van der Waals surface area contributed by atoms with E-state index in [1.165, 1.54) is 6.07 Å². The summed E-state index contributed by atoms with van der Waals surface area (Å²) in [6.45, 7) is -0.521. The molecular formula is C12H10F5IO4. The highest BCUT2D eigenvalue weighted by molar-refractivity contribution is 14.1. The maximum absolute atomic E-state index is 12.7. The van der Waals surface area contributed by atoms with Crippen LogP contribution in [0.5, 0.6) is 11.5 Å². The van der Waals surface area contributed by atoms with E-state index in [4.69, 9.17) is 9.84 Å². The summed E-state index contributed by atoms with van der Waals surface area (Å²) >= 11 is 1.65. The minimum Gasteiger partial charge on any atom is -0.508 e. The Hall–Kier alpha value is -1.33. The van der Waals surface area contributed by atoms with Crippen molar-refractivity contribution in [2.45, 2.75) is 24.9 Å². The summed E-state index contributed by atoms with van der Waals surface area (Å²) in [7, 11) is 0. The molecule has 1 rings (SSSR count). The Labute approximate surface area is 135 Å². The van der Waals surface area contributed by atoms with Crippen LogP contribution in [0.1, 0.15) is 23.2 Å². The van der Waals surface area contributed by atoms with E-state index in [1.54, 1.807) is 22.6 Å². The molecule has 22 heavy (non-hydrogen) atoms. The van der Waals surface area contributed by atoms with E-state index < -0.39 is 43.1 Å². The van der Waals surface area contributed by atoms with Crippen molar-refractivity contribution in [2.24, 2.45) is 0 Å². The zero-order chi connectivity index (χ0) is 17.1. The van der Waals surface area contributed by atoms with Gasteiger partial charge in [-0.3, -0.25) is 0 Å². The Morgan fingerprint density at radius 3 is 2.32 bits per heavy atom. The fourth-order valence-corrected chi connectivity index (χ4v) is 2.26. The zero-order valence-corrected chi connectivity index (χ0v) is 12.9. The summed E-state index contributed by atoms with van der Waals surface area (Å²) in [6.07, 6.45) is -7.72. The molecule has 0 saturated carbocycles. The van der Waals surface area contributed by atoms with E-state index in [0.29, 0.717) is 0 Å². The molecule has 0 fully saturated rings. The predicted molar refractivity (Wildman–Crippen MR) is 73.5 cm³/mol. The van der Waals surface area contributed by atoms with Crippen LogP contribution >= 0.6 is 22.6 Å². The topological polar surface area (TPSA) is 66.8 Å². The summed E-state index contributed by atoms with van der Waals surface area (Å²) in [5.74, 6) is -6.78. The largest absolute Gasteiger partial charge is 0.508 e.